The summed E-state index contributed by atoms with van der Waals surface area (Å²) < 4.78 is 5.11. The van der Waals surface area contributed by atoms with Gasteiger partial charge >= 0.3 is 0 Å². The third-order valence-electron chi connectivity index (χ3n) is 2.25. The molecule has 6 heteroatoms. The first kappa shape index (κ1) is 13.5. The molecule has 0 bridgehead atoms. The van der Waals surface area contributed by atoms with Gasteiger partial charge in [0.05, 0.1) is 17.6 Å². The molecule has 0 saturated carbocycles. The Morgan fingerprint density at radius 1 is 1.38 bits per heavy atom. The van der Waals surface area contributed by atoms with Crippen molar-refractivity contribution in [3.05, 3.63) is 27.9 Å². The predicted octanol–water partition coefficient (Wildman–Crippen LogP) is 3.36. The highest BCUT2D eigenvalue weighted by atomic mass is 35.5. The third-order valence-corrected chi connectivity index (χ3v) is 2.89. The monoisotopic (exact) mass is 280 g/mol. The molecule has 88 valence electrons. The van der Waals surface area contributed by atoms with Gasteiger partial charge in [0.25, 0.3) is 0 Å². The second-order valence-corrected chi connectivity index (χ2v) is 3.95. The largest absolute Gasteiger partial charge is 0.494 e. The molecule has 2 aromatic rings. The van der Waals surface area contributed by atoms with Crippen molar-refractivity contribution in [1.29, 1.82) is 0 Å². The van der Waals surface area contributed by atoms with Crippen LogP contribution in [0.5, 0.6) is 5.75 Å². The predicted molar refractivity (Wildman–Crippen MR) is 70.0 cm³/mol. The fourth-order valence-corrected chi connectivity index (χ4v) is 2.21. The van der Waals surface area contributed by atoms with Crippen molar-refractivity contribution < 1.29 is 4.74 Å². The first-order valence-electron chi connectivity index (χ1n) is 4.41. The minimum atomic E-state index is 0. The topological polar surface area (TPSA) is 51.0 Å². The van der Waals surface area contributed by atoms with Crippen LogP contribution >= 0.6 is 35.6 Å². The summed E-state index contributed by atoms with van der Waals surface area (Å²) in [4.78, 5) is 3.12. The van der Waals surface area contributed by atoms with Crippen molar-refractivity contribution in [1.82, 2.24) is 4.98 Å². The average Bonchev–Trinajstić information content (AvgIpc) is 2.61. The molecule has 0 atom stereocenters. The number of H-pyrrole nitrogens is 1. The quantitative estimate of drug-likeness (QED) is 0.887. The van der Waals surface area contributed by atoms with Gasteiger partial charge in [0.1, 0.15) is 5.02 Å². The van der Waals surface area contributed by atoms with Crippen LogP contribution < -0.4 is 10.5 Å². The number of halogens is 3. The van der Waals surface area contributed by atoms with E-state index >= 15 is 0 Å². The molecule has 0 aliphatic carbocycles. The Kier molecular flexibility index (Phi) is 4.33. The average molecular weight is 282 g/mol. The standard InChI is InChI=1S/C10H10Cl2N2O.ClH/c1-15-10-7(11)3-5-2-6(4-13)14-9(5)8(10)12;/h2-3,14H,4,13H2,1H3;1H. The van der Waals surface area contributed by atoms with Crippen LogP contribution in [0.1, 0.15) is 5.69 Å². The Labute approximate surface area is 109 Å². The van der Waals surface area contributed by atoms with Gasteiger partial charge in [0.15, 0.2) is 5.75 Å². The normalized spacial score (nSPS) is 10.2. The van der Waals surface area contributed by atoms with Crippen molar-refractivity contribution in [2.45, 2.75) is 6.54 Å². The van der Waals surface area contributed by atoms with E-state index < -0.39 is 0 Å². The van der Waals surface area contributed by atoms with Gasteiger partial charge in [-0.3, -0.25) is 0 Å². The summed E-state index contributed by atoms with van der Waals surface area (Å²) in [6, 6.07) is 3.73. The van der Waals surface area contributed by atoms with Gasteiger partial charge in [-0.1, -0.05) is 23.2 Å². The second kappa shape index (κ2) is 5.15. The summed E-state index contributed by atoms with van der Waals surface area (Å²) >= 11 is 12.1. The molecule has 1 heterocycles. The lowest BCUT2D eigenvalue weighted by Crippen LogP contribution is -1.95. The van der Waals surface area contributed by atoms with Crippen LogP contribution in [0.3, 0.4) is 0 Å². The number of aromatic nitrogens is 1. The zero-order chi connectivity index (χ0) is 11.0. The second-order valence-electron chi connectivity index (χ2n) is 3.17. The fourth-order valence-electron chi connectivity index (χ4n) is 1.54. The van der Waals surface area contributed by atoms with Gasteiger partial charge in [0.2, 0.25) is 0 Å². The van der Waals surface area contributed by atoms with Gasteiger partial charge in [-0.05, 0) is 12.1 Å². The summed E-state index contributed by atoms with van der Waals surface area (Å²) in [7, 11) is 1.53. The van der Waals surface area contributed by atoms with E-state index in [9.17, 15) is 0 Å². The lowest BCUT2D eigenvalue weighted by molar-refractivity contribution is 0.416. The molecule has 0 saturated heterocycles. The minimum Gasteiger partial charge on any atom is -0.494 e. The van der Waals surface area contributed by atoms with Crippen LogP contribution in [-0.2, 0) is 6.54 Å². The van der Waals surface area contributed by atoms with Crippen LogP contribution in [0, 0.1) is 0 Å². The van der Waals surface area contributed by atoms with E-state index in [4.69, 9.17) is 33.7 Å². The Balaban J connectivity index is 0.00000128. The summed E-state index contributed by atoms with van der Waals surface area (Å²) in [5, 5.41) is 1.92. The highest BCUT2D eigenvalue weighted by Crippen LogP contribution is 2.38. The summed E-state index contributed by atoms with van der Waals surface area (Å²) in [6.45, 7) is 0.435. The van der Waals surface area contributed by atoms with E-state index in [-0.39, 0.29) is 12.4 Å². The molecule has 0 aliphatic heterocycles. The zero-order valence-corrected chi connectivity index (χ0v) is 10.8. The number of hydrogen-bond acceptors (Lipinski definition) is 2. The molecule has 0 radical (unpaired) electrons. The first-order valence-corrected chi connectivity index (χ1v) is 5.16. The van der Waals surface area contributed by atoms with Gasteiger partial charge in [0, 0.05) is 17.6 Å². The molecular formula is C10H11Cl3N2O. The van der Waals surface area contributed by atoms with Crippen molar-refractivity contribution in [3.8, 4) is 5.75 Å². The van der Waals surface area contributed by atoms with Crippen LogP contribution in [0.4, 0.5) is 0 Å². The Hall–Kier alpha value is -0.610. The number of aromatic amines is 1. The molecule has 16 heavy (non-hydrogen) atoms. The van der Waals surface area contributed by atoms with Crippen molar-refractivity contribution in [2.24, 2.45) is 5.73 Å². The minimum absolute atomic E-state index is 0. The zero-order valence-electron chi connectivity index (χ0n) is 8.51. The Bertz CT molecular complexity index is 510. The summed E-state index contributed by atoms with van der Waals surface area (Å²) in [5.41, 5.74) is 7.25. The first-order chi connectivity index (χ1) is 7.17. The van der Waals surface area contributed by atoms with E-state index in [1.807, 2.05) is 6.07 Å². The van der Waals surface area contributed by atoms with E-state index in [1.165, 1.54) is 7.11 Å². The maximum absolute atomic E-state index is 6.14. The number of hydrogen-bond donors (Lipinski definition) is 2. The number of benzene rings is 1. The number of nitrogens with two attached hydrogens (primary N) is 1. The van der Waals surface area contributed by atoms with Crippen molar-refractivity contribution in [3.63, 3.8) is 0 Å². The van der Waals surface area contributed by atoms with Gasteiger partial charge in [-0.25, -0.2) is 0 Å². The molecule has 0 aliphatic rings. The molecular weight excluding hydrogens is 270 g/mol. The molecule has 0 amide bonds. The summed E-state index contributed by atoms with van der Waals surface area (Å²) in [6.07, 6.45) is 0. The molecule has 3 N–H and O–H groups in total. The lowest BCUT2D eigenvalue weighted by Gasteiger charge is -2.05. The SMILES string of the molecule is COc1c(Cl)cc2cc(CN)[nH]c2c1Cl.Cl. The van der Waals surface area contributed by atoms with E-state index in [1.54, 1.807) is 6.07 Å². The molecule has 2 rings (SSSR count). The van der Waals surface area contributed by atoms with Gasteiger partial charge < -0.3 is 15.5 Å². The number of nitrogens with one attached hydrogen (secondary N) is 1. The van der Waals surface area contributed by atoms with Crippen LogP contribution in [-0.4, -0.2) is 12.1 Å². The molecule has 1 aromatic carbocycles. The third kappa shape index (κ3) is 2.09. The van der Waals surface area contributed by atoms with E-state index in [0.29, 0.717) is 22.3 Å². The fraction of sp³-hybridized carbons (Fsp3) is 0.200. The molecule has 0 spiro atoms. The maximum atomic E-state index is 6.14. The molecule has 0 unspecified atom stereocenters. The Morgan fingerprint density at radius 3 is 2.62 bits per heavy atom. The summed E-state index contributed by atoms with van der Waals surface area (Å²) in [5.74, 6) is 0.483. The highest BCUT2D eigenvalue weighted by Gasteiger charge is 2.13. The highest BCUT2D eigenvalue weighted by molar-refractivity contribution is 6.40. The van der Waals surface area contributed by atoms with Crippen molar-refractivity contribution >= 4 is 46.5 Å². The number of rotatable bonds is 2. The van der Waals surface area contributed by atoms with E-state index in [2.05, 4.69) is 4.98 Å². The molecule has 1 aromatic heterocycles. The van der Waals surface area contributed by atoms with E-state index in [0.717, 1.165) is 16.6 Å². The number of methoxy groups -OCH3 is 1. The lowest BCUT2D eigenvalue weighted by atomic mass is 10.2. The number of fused-ring (bicyclic) bond motifs is 1. The van der Waals surface area contributed by atoms with Gasteiger partial charge in [-0.15, -0.1) is 12.4 Å². The van der Waals surface area contributed by atoms with Crippen LogP contribution in [0.2, 0.25) is 10.0 Å². The maximum Gasteiger partial charge on any atom is 0.158 e. The van der Waals surface area contributed by atoms with Crippen LogP contribution in [0.25, 0.3) is 10.9 Å². The molecule has 3 nitrogen and oxygen atoms in total. The van der Waals surface area contributed by atoms with Gasteiger partial charge in [-0.2, -0.15) is 0 Å². The Morgan fingerprint density at radius 2 is 2.06 bits per heavy atom. The van der Waals surface area contributed by atoms with Crippen molar-refractivity contribution in [2.75, 3.05) is 7.11 Å². The smallest absolute Gasteiger partial charge is 0.158 e. The van der Waals surface area contributed by atoms with Crippen LogP contribution in [0.15, 0.2) is 12.1 Å². The number of ether oxygens (including phenoxy) is 1. The molecule has 0 fully saturated rings.